The van der Waals surface area contributed by atoms with Crippen molar-refractivity contribution in [3.8, 4) is 0 Å². The summed E-state index contributed by atoms with van der Waals surface area (Å²) in [6.45, 7) is 8.29. The van der Waals surface area contributed by atoms with Gasteiger partial charge in [0.25, 0.3) is 0 Å². The van der Waals surface area contributed by atoms with Crippen LogP contribution in [-0.4, -0.2) is 12.6 Å². The van der Waals surface area contributed by atoms with Gasteiger partial charge >= 0.3 is 0 Å². The molecule has 0 aromatic heterocycles. The first-order valence-electron chi connectivity index (χ1n) is 8.01. The van der Waals surface area contributed by atoms with Gasteiger partial charge in [0.2, 0.25) is 0 Å². The van der Waals surface area contributed by atoms with E-state index in [1.165, 1.54) is 35.7 Å². The lowest BCUT2D eigenvalue weighted by molar-refractivity contribution is 0.195. The summed E-state index contributed by atoms with van der Waals surface area (Å²) in [6.07, 6.45) is 6.51. The van der Waals surface area contributed by atoms with Crippen molar-refractivity contribution in [2.75, 3.05) is 6.54 Å². The minimum atomic E-state index is 0.487. The Labute approximate surface area is 132 Å². The van der Waals surface area contributed by atoms with Crippen LogP contribution in [0.4, 0.5) is 0 Å². The molecule has 1 N–H and O–H groups in total. The number of halogens is 1. The molecule has 0 saturated heterocycles. The van der Waals surface area contributed by atoms with Crippen molar-refractivity contribution in [3.63, 3.8) is 0 Å². The Morgan fingerprint density at radius 1 is 1.30 bits per heavy atom. The van der Waals surface area contributed by atoms with Gasteiger partial charge in [0.15, 0.2) is 0 Å². The third-order valence-electron chi connectivity index (χ3n) is 4.85. The van der Waals surface area contributed by atoms with E-state index in [0.29, 0.717) is 11.5 Å². The fourth-order valence-electron chi connectivity index (χ4n) is 3.66. The molecule has 1 aliphatic rings. The minimum Gasteiger partial charge on any atom is -0.313 e. The Kier molecular flexibility index (Phi) is 5.68. The third-order valence-corrected chi connectivity index (χ3v) is 5.38. The van der Waals surface area contributed by atoms with Crippen molar-refractivity contribution in [3.05, 3.63) is 34.3 Å². The molecule has 2 atom stereocenters. The van der Waals surface area contributed by atoms with Crippen LogP contribution in [0, 0.1) is 11.3 Å². The average molecular weight is 338 g/mol. The van der Waals surface area contributed by atoms with Crippen LogP contribution in [0.15, 0.2) is 28.7 Å². The van der Waals surface area contributed by atoms with E-state index in [1.807, 2.05) is 0 Å². The molecule has 1 nitrogen and oxygen atoms in total. The van der Waals surface area contributed by atoms with Crippen LogP contribution in [0.1, 0.15) is 52.0 Å². The fraction of sp³-hybridized carbons (Fsp3) is 0.667. The van der Waals surface area contributed by atoms with Gasteiger partial charge in [-0.1, -0.05) is 55.3 Å². The highest BCUT2D eigenvalue weighted by atomic mass is 79.9. The Hall–Kier alpha value is -0.340. The van der Waals surface area contributed by atoms with E-state index in [0.717, 1.165) is 18.9 Å². The highest BCUT2D eigenvalue weighted by Gasteiger charge is 2.39. The first kappa shape index (κ1) is 16.0. The normalized spacial score (nSPS) is 22.9. The molecule has 1 fully saturated rings. The molecule has 0 aliphatic heterocycles. The van der Waals surface area contributed by atoms with Crippen molar-refractivity contribution in [1.82, 2.24) is 5.32 Å². The highest BCUT2D eigenvalue weighted by molar-refractivity contribution is 9.10. The second-order valence-electron chi connectivity index (χ2n) is 6.88. The summed E-state index contributed by atoms with van der Waals surface area (Å²) in [4.78, 5) is 0. The maximum atomic E-state index is 3.82. The Bertz CT molecular complexity index is 410. The van der Waals surface area contributed by atoms with Crippen molar-refractivity contribution >= 4 is 15.9 Å². The van der Waals surface area contributed by atoms with Crippen LogP contribution in [0.3, 0.4) is 0 Å². The summed E-state index contributed by atoms with van der Waals surface area (Å²) < 4.78 is 1.17. The molecule has 1 aliphatic carbocycles. The summed E-state index contributed by atoms with van der Waals surface area (Å²) >= 11 is 3.52. The standard InChI is InChI=1S/C18H28BrN/c1-4-12-20-17(16-6-5-11-18(16,2)3)13-14-7-9-15(19)10-8-14/h7-10,16-17,20H,4-6,11-13H2,1-3H3. The number of rotatable bonds is 6. The van der Waals surface area contributed by atoms with Crippen LogP contribution in [-0.2, 0) is 6.42 Å². The molecule has 0 bridgehead atoms. The molecule has 1 aromatic rings. The second-order valence-corrected chi connectivity index (χ2v) is 7.79. The lowest BCUT2D eigenvalue weighted by Crippen LogP contribution is -2.42. The maximum Gasteiger partial charge on any atom is 0.0175 e. The molecule has 1 aromatic carbocycles. The van der Waals surface area contributed by atoms with E-state index in [4.69, 9.17) is 0 Å². The van der Waals surface area contributed by atoms with E-state index in [9.17, 15) is 0 Å². The van der Waals surface area contributed by atoms with Gasteiger partial charge in [0.05, 0.1) is 0 Å². The number of hydrogen-bond acceptors (Lipinski definition) is 1. The number of benzene rings is 1. The van der Waals surface area contributed by atoms with Gasteiger partial charge in [0.1, 0.15) is 0 Å². The topological polar surface area (TPSA) is 12.0 Å². The predicted molar refractivity (Wildman–Crippen MR) is 91.0 cm³/mol. The van der Waals surface area contributed by atoms with Gasteiger partial charge in [-0.3, -0.25) is 0 Å². The van der Waals surface area contributed by atoms with Crippen LogP contribution in [0.2, 0.25) is 0 Å². The van der Waals surface area contributed by atoms with Crippen LogP contribution in [0.25, 0.3) is 0 Å². The predicted octanol–water partition coefficient (Wildman–Crippen LogP) is 5.19. The molecule has 20 heavy (non-hydrogen) atoms. The number of nitrogens with one attached hydrogen (secondary N) is 1. The lowest BCUT2D eigenvalue weighted by atomic mass is 9.76. The van der Waals surface area contributed by atoms with Crippen LogP contribution >= 0.6 is 15.9 Å². The summed E-state index contributed by atoms with van der Waals surface area (Å²) in [5, 5.41) is 3.82. The van der Waals surface area contributed by atoms with E-state index in [2.05, 4.69) is 66.3 Å². The maximum absolute atomic E-state index is 3.82. The van der Waals surface area contributed by atoms with Gasteiger partial charge in [-0.25, -0.2) is 0 Å². The van der Waals surface area contributed by atoms with Gasteiger partial charge in [-0.2, -0.15) is 0 Å². The Morgan fingerprint density at radius 3 is 2.55 bits per heavy atom. The van der Waals surface area contributed by atoms with Crippen molar-refractivity contribution < 1.29 is 0 Å². The third kappa shape index (κ3) is 4.08. The molecule has 2 heteroatoms. The summed E-state index contributed by atoms with van der Waals surface area (Å²) in [5.41, 5.74) is 1.94. The van der Waals surface area contributed by atoms with Crippen LogP contribution < -0.4 is 5.32 Å². The molecule has 0 spiro atoms. The monoisotopic (exact) mass is 337 g/mol. The first-order chi connectivity index (χ1) is 9.53. The van der Waals surface area contributed by atoms with Gasteiger partial charge < -0.3 is 5.32 Å². The molecule has 1 saturated carbocycles. The summed E-state index contributed by atoms with van der Waals surface area (Å²) in [7, 11) is 0. The first-order valence-corrected chi connectivity index (χ1v) is 8.80. The highest BCUT2D eigenvalue weighted by Crippen LogP contribution is 2.45. The van der Waals surface area contributed by atoms with Crippen molar-refractivity contribution in [2.24, 2.45) is 11.3 Å². The largest absolute Gasteiger partial charge is 0.313 e. The molecule has 0 amide bonds. The van der Waals surface area contributed by atoms with Crippen LogP contribution in [0.5, 0.6) is 0 Å². The van der Waals surface area contributed by atoms with Gasteiger partial charge in [-0.15, -0.1) is 0 Å². The van der Waals surface area contributed by atoms with Crippen molar-refractivity contribution in [1.29, 1.82) is 0 Å². The summed E-state index contributed by atoms with van der Waals surface area (Å²) in [6, 6.07) is 9.45. The van der Waals surface area contributed by atoms with Gasteiger partial charge in [-0.05, 0) is 61.3 Å². The van der Waals surface area contributed by atoms with E-state index in [1.54, 1.807) is 0 Å². The molecule has 2 rings (SSSR count). The number of hydrogen-bond donors (Lipinski definition) is 1. The minimum absolute atomic E-state index is 0.487. The zero-order valence-corrected chi connectivity index (χ0v) is 14.7. The van der Waals surface area contributed by atoms with E-state index < -0.39 is 0 Å². The lowest BCUT2D eigenvalue weighted by Gasteiger charge is -2.35. The SMILES string of the molecule is CCCNC(Cc1ccc(Br)cc1)C1CCCC1(C)C. The Morgan fingerprint density at radius 2 is 2.00 bits per heavy atom. The molecule has 0 heterocycles. The van der Waals surface area contributed by atoms with Gasteiger partial charge in [0, 0.05) is 10.5 Å². The summed E-state index contributed by atoms with van der Waals surface area (Å²) in [5.74, 6) is 0.803. The molecule has 2 unspecified atom stereocenters. The fourth-order valence-corrected chi connectivity index (χ4v) is 3.92. The zero-order valence-electron chi connectivity index (χ0n) is 13.1. The second kappa shape index (κ2) is 7.09. The molecular weight excluding hydrogens is 310 g/mol. The molecule has 0 radical (unpaired) electrons. The van der Waals surface area contributed by atoms with E-state index >= 15 is 0 Å². The quantitative estimate of drug-likeness (QED) is 0.753. The Balaban J connectivity index is 2.08. The average Bonchev–Trinajstić information content (AvgIpc) is 2.76. The zero-order chi connectivity index (χ0) is 14.6. The van der Waals surface area contributed by atoms with E-state index in [-0.39, 0.29) is 0 Å². The molecule has 112 valence electrons. The molecular formula is C18H28BrN. The smallest absolute Gasteiger partial charge is 0.0175 e. The van der Waals surface area contributed by atoms with Crippen molar-refractivity contribution in [2.45, 2.75) is 58.9 Å².